The number of carbonyl (C=O) groups excluding carboxylic acids is 1. The van der Waals surface area contributed by atoms with Crippen LogP contribution in [0.5, 0.6) is 0 Å². The summed E-state index contributed by atoms with van der Waals surface area (Å²) in [5, 5.41) is 3.02. The Morgan fingerprint density at radius 2 is 1.79 bits per heavy atom. The monoisotopic (exact) mass is 326 g/mol. The Balaban J connectivity index is 1.83. The van der Waals surface area contributed by atoms with Crippen LogP contribution in [-0.2, 0) is 17.8 Å². The summed E-state index contributed by atoms with van der Waals surface area (Å²) < 4.78 is 1.66. The first kappa shape index (κ1) is 18.0. The van der Waals surface area contributed by atoms with Crippen molar-refractivity contribution in [2.45, 2.75) is 33.2 Å². The summed E-state index contributed by atoms with van der Waals surface area (Å²) in [6.45, 7) is 5.36. The van der Waals surface area contributed by atoms with Crippen LogP contribution in [0.25, 0.3) is 0 Å². The number of hydrogen-bond acceptors (Lipinski definition) is 2. The van der Waals surface area contributed by atoms with Crippen LogP contribution in [0.2, 0.25) is 0 Å². The van der Waals surface area contributed by atoms with Gasteiger partial charge in [-0.05, 0) is 30.4 Å². The number of nitrogens with zero attached hydrogens (tertiary/aromatic N) is 1. The molecule has 24 heavy (non-hydrogen) atoms. The molecule has 4 nitrogen and oxygen atoms in total. The van der Waals surface area contributed by atoms with Gasteiger partial charge in [0.1, 0.15) is 0 Å². The average molecular weight is 326 g/mol. The highest BCUT2D eigenvalue weighted by Gasteiger charge is 2.22. The second-order valence-electron chi connectivity index (χ2n) is 6.42. The van der Waals surface area contributed by atoms with Gasteiger partial charge in [0.15, 0.2) is 0 Å². The third kappa shape index (κ3) is 5.37. The van der Waals surface area contributed by atoms with E-state index in [0.29, 0.717) is 13.1 Å². The van der Waals surface area contributed by atoms with Crippen LogP contribution in [-0.4, -0.2) is 17.0 Å². The molecule has 0 aliphatic carbocycles. The van der Waals surface area contributed by atoms with Crippen molar-refractivity contribution in [3.05, 3.63) is 70.6 Å². The predicted molar refractivity (Wildman–Crippen MR) is 96.8 cm³/mol. The molecule has 0 radical (unpaired) electrons. The molecule has 4 heteroatoms. The normalized spacial score (nSPS) is 12.1. The third-order valence-electron chi connectivity index (χ3n) is 4.21. The standard InChI is InChI=1S/C20H26N2O2/c1-16(2)18(15-17-9-4-3-5-10-17)20(24)21-12-8-14-22-13-7-6-11-19(22)23/h3-7,9-11,13,16,18H,8,12,14-15H2,1-2H3,(H,21,24)/t18-/m1/s1. The van der Waals surface area contributed by atoms with E-state index in [0.717, 1.165) is 12.8 Å². The topological polar surface area (TPSA) is 51.1 Å². The van der Waals surface area contributed by atoms with Gasteiger partial charge in [-0.15, -0.1) is 0 Å². The molecule has 0 saturated heterocycles. The lowest BCUT2D eigenvalue weighted by molar-refractivity contribution is -0.126. The van der Waals surface area contributed by atoms with E-state index in [1.54, 1.807) is 22.9 Å². The minimum atomic E-state index is -0.0353. The number of carbonyl (C=O) groups is 1. The van der Waals surface area contributed by atoms with E-state index in [1.165, 1.54) is 5.56 Å². The summed E-state index contributed by atoms with van der Waals surface area (Å²) in [4.78, 5) is 24.1. The predicted octanol–water partition coefficient (Wildman–Crippen LogP) is 2.87. The summed E-state index contributed by atoms with van der Waals surface area (Å²) >= 11 is 0. The summed E-state index contributed by atoms with van der Waals surface area (Å²) in [6, 6.07) is 15.2. The van der Waals surface area contributed by atoms with Crippen molar-refractivity contribution in [3.8, 4) is 0 Å². The van der Waals surface area contributed by atoms with Crippen molar-refractivity contribution < 1.29 is 4.79 Å². The van der Waals surface area contributed by atoms with E-state index in [1.807, 2.05) is 24.3 Å². The maximum absolute atomic E-state index is 12.5. The second kappa shape index (κ2) is 9.06. The number of aromatic nitrogens is 1. The Bertz CT molecular complexity index is 692. The molecule has 1 heterocycles. The number of amides is 1. The number of aryl methyl sites for hydroxylation is 1. The molecule has 2 aromatic rings. The lowest BCUT2D eigenvalue weighted by Gasteiger charge is -2.20. The largest absolute Gasteiger partial charge is 0.356 e. The summed E-state index contributed by atoms with van der Waals surface area (Å²) in [7, 11) is 0. The van der Waals surface area contributed by atoms with Gasteiger partial charge in [0, 0.05) is 31.3 Å². The molecule has 0 fully saturated rings. The maximum Gasteiger partial charge on any atom is 0.250 e. The zero-order chi connectivity index (χ0) is 17.4. The fraction of sp³-hybridized carbons (Fsp3) is 0.400. The quantitative estimate of drug-likeness (QED) is 0.758. The minimum absolute atomic E-state index is 0.00652. The van der Waals surface area contributed by atoms with Crippen LogP contribution >= 0.6 is 0 Å². The van der Waals surface area contributed by atoms with Gasteiger partial charge in [0.25, 0.3) is 0 Å². The van der Waals surface area contributed by atoms with Gasteiger partial charge >= 0.3 is 0 Å². The first-order valence-corrected chi connectivity index (χ1v) is 8.55. The van der Waals surface area contributed by atoms with Crippen LogP contribution in [0.1, 0.15) is 25.8 Å². The molecule has 2 rings (SSSR count). The minimum Gasteiger partial charge on any atom is -0.356 e. The summed E-state index contributed by atoms with van der Waals surface area (Å²) in [5.41, 5.74) is 1.18. The SMILES string of the molecule is CC(C)[C@@H](Cc1ccccc1)C(=O)NCCCn1ccccc1=O. The zero-order valence-corrected chi connectivity index (χ0v) is 14.4. The lowest BCUT2D eigenvalue weighted by atomic mass is 9.88. The van der Waals surface area contributed by atoms with E-state index in [9.17, 15) is 9.59 Å². The van der Waals surface area contributed by atoms with Gasteiger partial charge in [0.05, 0.1) is 0 Å². The van der Waals surface area contributed by atoms with E-state index < -0.39 is 0 Å². The molecule has 0 unspecified atom stereocenters. The Labute approximate surface area is 143 Å². The van der Waals surface area contributed by atoms with Gasteiger partial charge in [-0.1, -0.05) is 50.2 Å². The molecule has 0 bridgehead atoms. The van der Waals surface area contributed by atoms with Crippen molar-refractivity contribution in [2.24, 2.45) is 11.8 Å². The number of benzene rings is 1. The van der Waals surface area contributed by atoms with Crippen LogP contribution in [0.3, 0.4) is 0 Å². The third-order valence-corrected chi connectivity index (χ3v) is 4.21. The van der Waals surface area contributed by atoms with Crippen LogP contribution in [0.4, 0.5) is 0 Å². The van der Waals surface area contributed by atoms with Gasteiger partial charge in [-0.3, -0.25) is 9.59 Å². The number of hydrogen-bond donors (Lipinski definition) is 1. The van der Waals surface area contributed by atoms with Gasteiger partial charge in [-0.25, -0.2) is 0 Å². The Morgan fingerprint density at radius 3 is 2.46 bits per heavy atom. The second-order valence-corrected chi connectivity index (χ2v) is 6.42. The molecule has 1 N–H and O–H groups in total. The van der Waals surface area contributed by atoms with Crippen LogP contribution in [0, 0.1) is 11.8 Å². The van der Waals surface area contributed by atoms with Crippen molar-refractivity contribution in [1.82, 2.24) is 9.88 Å². The van der Waals surface area contributed by atoms with Crippen molar-refractivity contribution in [3.63, 3.8) is 0 Å². The van der Waals surface area contributed by atoms with Crippen molar-refractivity contribution in [2.75, 3.05) is 6.54 Å². The molecule has 1 atom stereocenters. The molecule has 1 aromatic carbocycles. The zero-order valence-electron chi connectivity index (χ0n) is 14.4. The Morgan fingerprint density at radius 1 is 1.08 bits per heavy atom. The van der Waals surface area contributed by atoms with Crippen molar-refractivity contribution in [1.29, 1.82) is 0 Å². The molecule has 1 amide bonds. The fourth-order valence-electron chi connectivity index (χ4n) is 2.74. The van der Waals surface area contributed by atoms with E-state index in [-0.39, 0.29) is 23.3 Å². The van der Waals surface area contributed by atoms with Gasteiger partial charge in [-0.2, -0.15) is 0 Å². The molecular formula is C20H26N2O2. The summed E-state index contributed by atoms with van der Waals surface area (Å²) in [6.07, 6.45) is 3.27. The van der Waals surface area contributed by atoms with Gasteiger partial charge < -0.3 is 9.88 Å². The van der Waals surface area contributed by atoms with Gasteiger partial charge in [0.2, 0.25) is 11.5 Å². The molecule has 0 aliphatic heterocycles. The Hall–Kier alpha value is -2.36. The van der Waals surface area contributed by atoms with E-state index in [4.69, 9.17) is 0 Å². The highest BCUT2D eigenvalue weighted by Crippen LogP contribution is 2.17. The first-order chi connectivity index (χ1) is 11.6. The number of rotatable bonds is 8. The fourth-order valence-corrected chi connectivity index (χ4v) is 2.74. The molecule has 128 valence electrons. The highest BCUT2D eigenvalue weighted by atomic mass is 16.2. The number of pyridine rings is 1. The highest BCUT2D eigenvalue weighted by molar-refractivity contribution is 5.79. The van der Waals surface area contributed by atoms with E-state index in [2.05, 4.69) is 31.3 Å². The number of nitrogens with one attached hydrogen (secondary N) is 1. The van der Waals surface area contributed by atoms with Crippen LogP contribution < -0.4 is 10.9 Å². The van der Waals surface area contributed by atoms with Crippen molar-refractivity contribution >= 4 is 5.91 Å². The van der Waals surface area contributed by atoms with Crippen LogP contribution in [0.15, 0.2) is 59.5 Å². The van der Waals surface area contributed by atoms with E-state index >= 15 is 0 Å². The first-order valence-electron chi connectivity index (χ1n) is 8.55. The molecule has 1 aromatic heterocycles. The lowest BCUT2D eigenvalue weighted by Crippen LogP contribution is -2.36. The summed E-state index contributed by atoms with van der Waals surface area (Å²) in [5.74, 6) is 0.336. The smallest absolute Gasteiger partial charge is 0.250 e. The molecular weight excluding hydrogens is 300 g/mol. The molecule has 0 saturated carbocycles. The molecule has 0 aliphatic rings. The molecule has 0 spiro atoms. The Kier molecular flexibility index (Phi) is 6.79. The average Bonchev–Trinajstić information content (AvgIpc) is 2.58. The maximum atomic E-state index is 12.5.